The zero-order chi connectivity index (χ0) is 13.4. The molecule has 2 aromatic rings. The zero-order valence-electron chi connectivity index (χ0n) is 11.6. The summed E-state index contributed by atoms with van der Waals surface area (Å²) in [4.78, 5) is 6.92. The van der Waals surface area contributed by atoms with Gasteiger partial charge in [0.2, 0.25) is 5.95 Å². The van der Waals surface area contributed by atoms with Gasteiger partial charge in [0, 0.05) is 25.3 Å². The summed E-state index contributed by atoms with van der Waals surface area (Å²) in [6.45, 7) is 6.17. The van der Waals surface area contributed by atoms with Gasteiger partial charge < -0.3 is 10.6 Å². The molecule has 0 radical (unpaired) electrons. The van der Waals surface area contributed by atoms with Gasteiger partial charge in [0.1, 0.15) is 0 Å². The molecule has 1 fully saturated rings. The highest BCUT2D eigenvalue weighted by Gasteiger charge is 2.24. The molecule has 1 aliphatic rings. The van der Waals surface area contributed by atoms with Crippen LogP contribution in [0.15, 0.2) is 18.3 Å². The van der Waals surface area contributed by atoms with E-state index in [0.717, 1.165) is 43.1 Å². The standard InChI is InChI=1S/C14H21N5/c1-10-4-3-7-19-13(10)16-14(17-19)18-8-5-12(6-9-18)11(2)15/h3-4,7,11-12H,5-6,8-9,15H2,1-2H3. The van der Waals surface area contributed by atoms with Gasteiger partial charge >= 0.3 is 0 Å². The van der Waals surface area contributed by atoms with Gasteiger partial charge in [-0.05, 0) is 44.2 Å². The number of hydrogen-bond acceptors (Lipinski definition) is 4. The number of anilines is 1. The van der Waals surface area contributed by atoms with E-state index in [1.807, 2.05) is 16.8 Å². The van der Waals surface area contributed by atoms with Crippen LogP contribution in [-0.4, -0.2) is 33.7 Å². The topological polar surface area (TPSA) is 59.5 Å². The van der Waals surface area contributed by atoms with Crippen molar-refractivity contribution in [2.45, 2.75) is 32.7 Å². The van der Waals surface area contributed by atoms with Gasteiger partial charge in [-0.3, -0.25) is 0 Å². The molecule has 1 unspecified atom stereocenters. The molecule has 1 saturated heterocycles. The van der Waals surface area contributed by atoms with Crippen LogP contribution in [0.25, 0.3) is 5.65 Å². The molecule has 1 aliphatic heterocycles. The summed E-state index contributed by atoms with van der Waals surface area (Å²) >= 11 is 0. The van der Waals surface area contributed by atoms with Crippen molar-refractivity contribution in [1.82, 2.24) is 14.6 Å². The van der Waals surface area contributed by atoms with Crippen LogP contribution in [0.3, 0.4) is 0 Å². The number of piperidine rings is 1. The molecule has 0 aromatic carbocycles. The maximum atomic E-state index is 5.98. The summed E-state index contributed by atoms with van der Waals surface area (Å²) in [6, 6.07) is 4.36. The third-order valence-electron chi connectivity index (χ3n) is 4.11. The summed E-state index contributed by atoms with van der Waals surface area (Å²) < 4.78 is 1.86. The molecular formula is C14H21N5. The average molecular weight is 259 g/mol. The van der Waals surface area contributed by atoms with E-state index in [2.05, 4.69) is 34.9 Å². The van der Waals surface area contributed by atoms with Gasteiger partial charge in [-0.15, -0.1) is 5.10 Å². The molecule has 3 heterocycles. The van der Waals surface area contributed by atoms with Crippen LogP contribution in [0, 0.1) is 12.8 Å². The van der Waals surface area contributed by atoms with Crippen molar-refractivity contribution in [2.75, 3.05) is 18.0 Å². The fourth-order valence-electron chi connectivity index (χ4n) is 2.79. The summed E-state index contributed by atoms with van der Waals surface area (Å²) in [5.41, 5.74) is 8.09. The van der Waals surface area contributed by atoms with Crippen molar-refractivity contribution in [3.05, 3.63) is 23.9 Å². The monoisotopic (exact) mass is 259 g/mol. The number of hydrogen-bond donors (Lipinski definition) is 1. The molecule has 2 N–H and O–H groups in total. The predicted molar refractivity (Wildman–Crippen MR) is 76.3 cm³/mol. The largest absolute Gasteiger partial charge is 0.339 e. The van der Waals surface area contributed by atoms with Crippen molar-refractivity contribution < 1.29 is 0 Å². The first kappa shape index (κ1) is 12.4. The van der Waals surface area contributed by atoms with Crippen LogP contribution in [0.5, 0.6) is 0 Å². The van der Waals surface area contributed by atoms with E-state index in [-0.39, 0.29) is 0 Å². The number of nitrogens with two attached hydrogens (primary N) is 1. The van der Waals surface area contributed by atoms with Crippen LogP contribution in [-0.2, 0) is 0 Å². The van der Waals surface area contributed by atoms with Gasteiger partial charge in [-0.2, -0.15) is 4.98 Å². The lowest BCUT2D eigenvalue weighted by molar-refractivity contribution is 0.352. The second kappa shape index (κ2) is 4.81. The normalized spacial score (nSPS) is 19.0. The number of pyridine rings is 1. The molecule has 0 amide bonds. The Kier molecular flexibility index (Phi) is 3.14. The van der Waals surface area contributed by atoms with Crippen LogP contribution < -0.4 is 10.6 Å². The van der Waals surface area contributed by atoms with E-state index in [0.29, 0.717) is 12.0 Å². The maximum Gasteiger partial charge on any atom is 0.245 e. The van der Waals surface area contributed by atoms with Gasteiger partial charge in [0.05, 0.1) is 0 Å². The molecule has 19 heavy (non-hydrogen) atoms. The highest BCUT2D eigenvalue weighted by atomic mass is 15.4. The first-order chi connectivity index (χ1) is 9.15. The Morgan fingerprint density at radius 1 is 1.37 bits per heavy atom. The van der Waals surface area contributed by atoms with Crippen LogP contribution in [0.2, 0.25) is 0 Å². The quantitative estimate of drug-likeness (QED) is 0.890. The minimum absolute atomic E-state index is 0.290. The minimum Gasteiger partial charge on any atom is -0.339 e. The summed E-state index contributed by atoms with van der Waals surface area (Å²) in [7, 11) is 0. The number of fused-ring (bicyclic) bond motifs is 1. The lowest BCUT2D eigenvalue weighted by Crippen LogP contribution is -2.40. The van der Waals surface area contributed by atoms with Crippen LogP contribution >= 0.6 is 0 Å². The van der Waals surface area contributed by atoms with Crippen molar-refractivity contribution in [1.29, 1.82) is 0 Å². The van der Waals surface area contributed by atoms with Gasteiger partial charge in [0.25, 0.3) is 0 Å². The molecular weight excluding hydrogens is 238 g/mol. The summed E-state index contributed by atoms with van der Waals surface area (Å²) in [5.74, 6) is 1.48. The van der Waals surface area contributed by atoms with E-state index < -0.39 is 0 Å². The first-order valence-electron chi connectivity index (χ1n) is 6.97. The second-order valence-corrected chi connectivity index (χ2v) is 5.55. The van der Waals surface area contributed by atoms with Crippen molar-refractivity contribution in [3.8, 4) is 0 Å². The Morgan fingerprint density at radius 3 is 2.74 bits per heavy atom. The maximum absolute atomic E-state index is 5.98. The molecule has 0 bridgehead atoms. The molecule has 0 aliphatic carbocycles. The summed E-state index contributed by atoms with van der Waals surface area (Å²) in [6.07, 6.45) is 4.21. The Balaban J connectivity index is 1.80. The van der Waals surface area contributed by atoms with Gasteiger partial charge in [-0.1, -0.05) is 6.07 Å². The zero-order valence-corrected chi connectivity index (χ0v) is 11.6. The van der Waals surface area contributed by atoms with Crippen molar-refractivity contribution in [2.24, 2.45) is 11.7 Å². The molecule has 102 valence electrons. The Labute approximate surface area is 113 Å². The first-order valence-corrected chi connectivity index (χ1v) is 6.97. The molecule has 5 nitrogen and oxygen atoms in total. The van der Waals surface area contributed by atoms with E-state index in [1.165, 1.54) is 0 Å². The fraction of sp³-hybridized carbons (Fsp3) is 0.571. The van der Waals surface area contributed by atoms with Crippen molar-refractivity contribution >= 4 is 11.6 Å². The third kappa shape index (κ3) is 2.30. The SMILES string of the molecule is Cc1cccn2nc(N3CCC(C(C)N)CC3)nc12. The van der Waals surface area contributed by atoms with Gasteiger partial charge in [-0.25, -0.2) is 4.52 Å². The average Bonchev–Trinajstić information content (AvgIpc) is 2.84. The molecule has 0 spiro atoms. The molecule has 2 aromatic heterocycles. The fourth-order valence-corrected chi connectivity index (χ4v) is 2.79. The molecule has 5 heteroatoms. The van der Waals surface area contributed by atoms with E-state index in [1.54, 1.807) is 0 Å². The molecule has 0 saturated carbocycles. The van der Waals surface area contributed by atoms with E-state index in [9.17, 15) is 0 Å². The lowest BCUT2D eigenvalue weighted by atomic mass is 9.91. The second-order valence-electron chi connectivity index (χ2n) is 5.55. The number of nitrogens with zero attached hydrogens (tertiary/aromatic N) is 4. The highest BCUT2D eigenvalue weighted by molar-refractivity contribution is 5.50. The van der Waals surface area contributed by atoms with E-state index in [4.69, 9.17) is 5.73 Å². The summed E-state index contributed by atoms with van der Waals surface area (Å²) in [5, 5.41) is 4.57. The molecule has 1 atom stereocenters. The Hall–Kier alpha value is -1.62. The minimum atomic E-state index is 0.290. The third-order valence-corrected chi connectivity index (χ3v) is 4.11. The highest BCUT2D eigenvalue weighted by Crippen LogP contribution is 2.23. The molecule has 3 rings (SSSR count). The van der Waals surface area contributed by atoms with Crippen LogP contribution in [0.1, 0.15) is 25.3 Å². The van der Waals surface area contributed by atoms with Crippen molar-refractivity contribution in [3.63, 3.8) is 0 Å². The Morgan fingerprint density at radius 2 is 2.11 bits per heavy atom. The smallest absolute Gasteiger partial charge is 0.245 e. The number of rotatable bonds is 2. The van der Waals surface area contributed by atoms with Gasteiger partial charge in [0.15, 0.2) is 5.65 Å². The number of aromatic nitrogens is 3. The lowest BCUT2D eigenvalue weighted by Gasteiger charge is -2.32. The number of aryl methyl sites for hydroxylation is 1. The van der Waals surface area contributed by atoms with E-state index >= 15 is 0 Å². The Bertz CT molecular complexity index is 566. The van der Waals surface area contributed by atoms with Crippen LogP contribution in [0.4, 0.5) is 5.95 Å². The predicted octanol–water partition coefficient (Wildman–Crippen LogP) is 1.60.